The molecule has 0 amide bonds. The minimum absolute atomic E-state index is 0.426. The maximum absolute atomic E-state index is 2.55. The van der Waals surface area contributed by atoms with E-state index in [2.05, 4.69) is 279 Å². The van der Waals surface area contributed by atoms with Gasteiger partial charge in [-0.05, 0) is 137 Å². The van der Waals surface area contributed by atoms with Gasteiger partial charge in [0.15, 0.2) is 0 Å². The van der Waals surface area contributed by atoms with Crippen molar-refractivity contribution in [2.45, 2.75) is 12.3 Å². The number of hydrogen-bond donors (Lipinski definition) is 0. The molecule has 0 N–H and O–H groups in total. The van der Waals surface area contributed by atoms with Crippen molar-refractivity contribution in [1.29, 1.82) is 0 Å². The Balaban J connectivity index is 1.07. The monoisotopic (exact) mass is 877 g/mol. The first kappa shape index (κ1) is 40.5. The molecule has 1 aliphatic carbocycles. The van der Waals surface area contributed by atoms with Crippen LogP contribution in [0.5, 0.6) is 0 Å². The highest BCUT2D eigenvalue weighted by molar-refractivity contribution is 6.22. The predicted octanol–water partition coefficient (Wildman–Crippen LogP) is 18.6. The molecule has 0 fully saturated rings. The van der Waals surface area contributed by atoms with E-state index >= 15 is 0 Å². The van der Waals surface area contributed by atoms with Crippen LogP contribution in [0, 0.1) is 0 Å². The van der Waals surface area contributed by atoms with Crippen LogP contribution in [-0.4, -0.2) is 0 Å². The molecule has 0 saturated carbocycles. The summed E-state index contributed by atoms with van der Waals surface area (Å²) in [5.74, 6) is 0. The van der Waals surface area contributed by atoms with Gasteiger partial charge in [0.25, 0.3) is 0 Å². The summed E-state index contributed by atoms with van der Waals surface area (Å²) in [6, 6.07) is 98.5. The van der Waals surface area contributed by atoms with Crippen molar-refractivity contribution in [1.82, 2.24) is 0 Å². The van der Waals surface area contributed by atoms with Crippen LogP contribution < -0.4 is 4.90 Å². The molecule has 1 aliphatic rings. The number of benzene rings is 12. The highest BCUT2D eigenvalue weighted by atomic mass is 15.1. The normalized spacial score (nSPS) is 13.9. The van der Waals surface area contributed by atoms with Gasteiger partial charge in [0, 0.05) is 16.5 Å². The number of fused-ring (bicyclic) bond motifs is 7. The molecule has 0 radical (unpaired) electrons. The Bertz CT molecular complexity index is 3890. The van der Waals surface area contributed by atoms with Gasteiger partial charge in [-0.15, -0.1) is 0 Å². The van der Waals surface area contributed by atoms with Crippen molar-refractivity contribution in [3.05, 3.63) is 284 Å². The maximum Gasteiger partial charge on any atom is 0.0540 e. The summed E-state index contributed by atoms with van der Waals surface area (Å²) in [7, 11) is 0. The summed E-state index contributed by atoms with van der Waals surface area (Å²) >= 11 is 0. The fourth-order valence-corrected chi connectivity index (χ4v) is 11.6. The molecule has 0 aliphatic heterocycles. The zero-order valence-corrected chi connectivity index (χ0v) is 38.4. The molecular formula is C68H47N. The molecule has 12 aromatic carbocycles. The van der Waals surface area contributed by atoms with E-state index in [0.717, 1.165) is 22.6 Å². The Labute approximate surface area is 403 Å². The van der Waals surface area contributed by atoms with E-state index in [4.69, 9.17) is 0 Å². The molecule has 0 saturated heterocycles. The first-order valence-corrected chi connectivity index (χ1v) is 24.0. The van der Waals surface area contributed by atoms with E-state index in [-0.39, 0.29) is 0 Å². The van der Waals surface area contributed by atoms with Crippen molar-refractivity contribution >= 4 is 49.4 Å². The van der Waals surface area contributed by atoms with Crippen molar-refractivity contribution in [2.75, 3.05) is 4.90 Å². The van der Waals surface area contributed by atoms with E-state index in [1.807, 2.05) is 0 Å². The van der Waals surface area contributed by atoms with E-state index < -0.39 is 5.41 Å². The summed E-state index contributed by atoms with van der Waals surface area (Å²) in [4.78, 5) is 2.55. The summed E-state index contributed by atoms with van der Waals surface area (Å²) in [6.07, 6.45) is 0. The van der Waals surface area contributed by atoms with Crippen LogP contribution >= 0.6 is 0 Å². The molecule has 69 heavy (non-hydrogen) atoms. The van der Waals surface area contributed by atoms with Gasteiger partial charge in [-0.25, -0.2) is 0 Å². The predicted molar refractivity (Wildman–Crippen MR) is 293 cm³/mol. The fourth-order valence-electron chi connectivity index (χ4n) is 11.6. The molecule has 13 rings (SSSR count). The van der Waals surface area contributed by atoms with Gasteiger partial charge in [0.2, 0.25) is 0 Å². The summed E-state index contributed by atoms with van der Waals surface area (Å²) in [5.41, 5.74) is 19.1. The first-order chi connectivity index (χ1) is 34.1. The van der Waals surface area contributed by atoms with Crippen LogP contribution in [0.15, 0.2) is 267 Å². The van der Waals surface area contributed by atoms with Gasteiger partial charge in [-0.1, -0.05) is 237 Å². The quantitative estimate of drug-likeness (QED) is 0.138. The van der Waals surface area contributed by atoms with Gasteiger partial charge >= 0.3 is 0 Å². The Morgan fingerprint density at radius 1 is 0.290 bits per heavy atom. The van der Waals surface area contributed by atoms with Gasteiger partial charge in [0.1, 0.15) is 0 Å². The van der Waals surface area contributed by atoms with Crippen molar-refractivity contribution < 1.29 is 0 Å². The molecule has 324 valence electrons. The largest absolute Gasteiger partial charge is 0.310 e. The fraction of sp³-hybridized carbons (Fsp3) is 0.0294. The summed E-state index contributed by atoms with van der Waals surface area (Å²) in [6.45, 7) is 2.43. The number of nitrogens with zero attached hydrogens (tertiary/aromatic N) is 1. The average Bonchev–Trinajstić information content (AvgIpc) is 3.70. The van der Waals surface area contributed by atoms with Crippen LogP contribution in [0.2, 0.25) is 0 Å². The lowest BCUT2D eigenvalue weighted by molar-refractivity contribution is 0.714. The van der Waals surface area contributed by atoms with E-state index in [0.29, 0.717) is 0 Å². The first-order valence-electron chi connectivity index (χ1n) is 24.0. The molecule has 12 aromatic rings. The topological polar surface area (TPSA) is 3.24 Å². The third-order valence-corrected chi connectivity index (χ3v) is 14.7. The second-order valence-electron chi connectivity index (χ2n) is 18.5. The lowest BCUT2D eigenvalue weighted by Gasteiger charge is -2.35. The Kier molecular flexibility index (Phi) is 9.70. The number of anilines is 3. The molecular weight excluding hydrogens is 831 g/mol. The van der Waals surface area contributed by atoms with Crippen LogP contribution in [0.4, 0.5) is 17.1 Å². The van der Waals surface area contributed by atoms with Crippen LogP contribution in [0.3, 0.4) is 0 Å². The third-order valence-electron chi connectivity index (χ3n) is 14.7. The lowest BCUT2D eigenvalue weighted by atomic mass is 9.73. The third kappa shape index (κ3) is 6.54. The molecule has 1 heteroatoms. The number of hydrogen-bond acceptors (Lipinski definition) is 1. The second-order valence-corrected chi connectivity index (χ2v) is 18.5. The Hall–Kier alpha value is -8.78. The molecule has 1 unspecified atom stereocenters. The SMILES string of the molecule is CC1(c2ccccc2)c2ccccc2-c2cccc(N(c3cccc(-c4ccc5c(c4)c(-c4ccccc4)c(-c4ccccc4)c4ccccc45)c3)c3ccc(-c4ccccc4)c4ccccc34)c21. The molecule has 1 atom stereocenters. The zero-order valence-electron chi connectivity index (χ0n) is 38.4. The van der Waals surface area contributed by atoms with Gasteiger partial charge < -0.3 is 4.90 Å². The van der Waals surface area contributed by atoms with Gasteiger partial charge in [-0.2, -0.15) is 0 Å². The Morgan fingerprint density at radius 2 is 0.812 bits per heavy atom. The highest BCUT2D eigenvalue weighted by Gasteiger charge is 2.43. The van der Waals surface area contributed by atoms with Crippen LogP contribution in [0.1, 0.15) is 23.6 Å². The van der Waals surface area contributed by atoms with Crippen molar-refractivity contribution in [3.63, 3.8) is 0 Å². The smallest absolute Gasteiger partial charge is 0.0540 e. The zero-order chi connectivity index (χ0) is 45.9. The van der Waals surface area contributed by atoms with Gasteiger partial charge in [0.05, 0.1) is 11.4 Å². The van der Waals surface area contributed by atoms with Crippen LogP contribution in [-0.2, 0) is 5.41 Å². The maximum atomic E-state index is 2.55. The van der Waals surface area contributed by atoms with Crippen LogP contribution in [0.25, 0.3) is 88.0 Å². The minimum atomic E-state index is -0.426. The summed E-state index contributed by atoms with van der Waals surface area (Å²) in [5, 5.41) is 7.40. The molecule has 1 nitrogen and oxygen atoms in total. The van der Waals surface area contributed by atoms with E-state index in [1.54, 1.807) is 0 Å². The molecule has 0 bridgehead atoms. The van der Waals surface area contributed by atoms with Gasteiger partial charge in [-0.3, -0.25) is 0 Å². The summed E-state index contributed by atoms with van der Waals surface area (Å²) < 4.78 is 0. The van der Waals surface area contributed by atoms with E-state index in [1.165, 1.54) is 99.1 Å². The number of rotatable bonds is 8. The molecule has 0 spiro atoms. The van der Waals surface area contributed by atoms with Crippen molar-refractivity contribution in [3.8, 4) is 55.6 Å². The minimum Gasteiger partial charge on any atom is -0.310 e. The van der Waals surface area contributed by atoms with Crippen molar-refractivity contribution in [2.24, 2.45) is 0 Å². The molecule has 0 heterocycles. The average molecular weight is 878 g/mol. The second kappa shape index (κ2) is 16.5. The lowest BCUT2D eigenvalue weighted by Crippen LogP contribution is -2.25. The molecule has 0 aromatic heterocycles. The van der Waals surface area contributed by atoms with E-state index in [9.17, 15) is 0 Å². The highest BCUT2D eigenvalue weighted by Crippen LogP contribution is 2.58. The Morgan fingerprint density at radius 3 is 1.54 bits per heavy atom. The standard InChI is InChI=1S/C68H47N/c1-68(51-29-12-5-13-30-51)62-38-19-18-34-57(62)60-37-21-39-64(67(60)68)69(63-43-42-53(46-22-6-2-7-23-46)54-32-14-16-35-58(54)63)52-31-20-28-49(44-52)50-40-41-56-55-33-15-17-36-59(55)65(47-24-8-3-9-25-47)66(61(56)45-50)48-26-10-4-11-27-48/h2-45H,1H3.